The summed E-state index contributed by atoms with van der Waals surface area (Å²) < 4.78 is 46.3. The Morgan fingerprint density at radius 1 is 1.37 bits per heavy atom. The number of hydrogen-bond donors (Lipinski definition) is 1. The Morgan fingerprint density at radius 2 is 2.11 bits per heavy atom. The Hall–Kier alpha value is -2.25. The highest BCUT2D eigenvalue weighted by Gasteiger charge is 2.30. The van der Waals surface area contributed by atoms with Gasteiger partial charge in [-0.1, -0.05) is 5.16 Å². The molecular formula is C11H10F3N3O2. The van der Waals surface area contributed by atoms with E-state index in [4.69, 9.17) is 15.0 Å². The molecule has 0 aliphatic heterocycles. The van der Waals surface area contributed by atoms with Crippen molar-refractivity contribution in [2.45, 2.75) is 12.6 Å². The third-order valence-electron chi connectivity index (χ3n) is 2.32. The predicted octanol–water partition coefficient (Wildman–Crippen LogP) is 2.43. The smallest absolute Gasteiger partial charge is 0.396 e. The van der Waals surface area contributed by atoms with Gasteiger partial charge >= 0.3 is 6.18 Å². The average molecular weight is 273 g/mol. The highest BCUT2D eigenvalue weighted by Crippen LogP contribution is 2.29. The molecule has 2 rings (SSSR count). The second-order valence-corrected chi connectivity index (χ2v) is 3.76. The first-order valence-electron chi connectivity index (χ1n) is 5.22. The van der Waals surface area contributed by atoms with Crippen LogP contribution < -0.4 is 10.5 Å². The zero-order valence-corrected chi connectivity index (χ0v) is 9.86. The Kier molecular flexibility index (Phi) is 3.32. The number of anilines is 1. The number of alkyl halides is 3. The summed E-state index contributed by atoms with van der Waals surface area (Å²) in [7, 11) is 1.46. The molecule has 1 aromatic carbocycles. The molecule has 2 aromatic rings. The van der Waals surface area contributed by atoms with E-state index in [0.717, 1.165) is 0 Å². The molecule has 8 heteroatoms. The maximum Gasteiger partial charge on any atom is 0.396 e. The van der Waals surface area contributed by atoms with Crippen molar-refractivity contribution in [2.75, 3.05) is 12.8 Å². The van der Waals surface area contributed by atoms with Gasteiger partial charge in [-0.3, -0.25) is 0 Å². The van der Waals surface area contributed by atoms with Crippen LogP contribution in [0.15, 0.2) is 22.7 Å². The summed E-state index contributed by atoms with van der Waals surface area (Å²) in [6.45, 7) is 0. The van der Waals surface area contributed by atoms with Gasteiger partial charge in [0.05, 0.1) is 12.7 Å². The van der Waals surface area contributed by atoms with Crippen LogP contribution in [0.4, 0.5) is 18.9 Å². The van der Waals surface area contributed by atoms with Crippen LogP contribution in [0.3, 0.4) is 0 Å². The first-order valence-corrected chi connectivity index (χ1v) is 5.22. The third kappa shape index (κ3) is 3.15. The molecule has 0 saturated carbocycles. The van der Waals surface area contributed by atoms with Crippen molar-refractivity contribution in [1.29, 1.82) is 0 Å². The average Bonchev–Trinajstić information content (AvgIpc) is 2.75. The highest BCUT2D eigenvalue weighted by molar-refractivity contribution is 5.72. The van der Waals surface area contributed by atoms with E-state index >= 15 is 0 Å². The van der Waals surface area contributed by atoms with Crippen LogP contribution in [0.5, 0.6) is 5.75 Å². The lowest BCUT2D eigenvalue weighted by atomic mass is 10.1. The Labute approximate surface area is 106 Å². The van der Waals surface area contributed by atoms with Crippen LogP contribution in [-0.2, 0) is 6.42 Å². The zero-order chi connectivity index (χ0) is 14.0. The van der Waals surface area contributed by atoms with Gasteiger partial charge in [0, 0.05) is 5.69 Å². The molecule has 2 N–H and O–H groups in total. The van der Waals surface area contributed by atoms with Gasteiger partial charge in [-0.15, -0.1) is 0 Å². The van der Waals surface area contributed by atoms with Crippen LogP contribution in [0, 0.1) is 0 Å². The lowest BCUT2D eigenvalue weighted by Gasteiger charge is -2.04. The highest BCUT2D eigenvalue weighted by atomic mass is 19.4. The van der Waals surface area contributed by atoms with Gasteiger partial charge < -0.3 is 15.0 Å². The maximum atomic E-state index is 12.2. The molecule has 0 spiro atoms. The molecule has 0 aliphatic rings. The van der Waals surface area contributed by atoms with E-state index in [1.165, 1.54) is 13.2 Å². The predicted molar refractivity (Wildman–Crippen MR) is 60.5 cm³/mol. The number of ether oxygens (including phenoxy) is 1. The van der Waals surface area contributed by atoms with Crippen LogP contribution in [-0.4, -0.2) is 23.4 Å². The SMILES string of the molecule is COc1ccc(N)c(-c2nc(CC(F)(F)F)no2)c1. The van der Waals surface area contributed by atoms with Crippen molar-refractivity contribution >= 4 is 5.69 Å². The van der Waals surface area contributed by atoms with E-state index in [2.05, 4.69) is 10.1 Å². The number of benzene rings is 1. The molecule has 0 radical (unpaired) electrons. The molecule has 0 atom stereocenters. The van der Waals surface area contributed by atoms with E-state index < -0.39 is 18.4 Å². The van der Waals surface area contributed by atoms with Crippen molar-refractivity contribution in [2.24, 2.45) is 0 Å². The molecular weight excluding hydrogens is 263 g/mol. The molecule has 19 heavy (non-hydrogen) atoms. The van der Waals surface area contributed by atoms with E-state index in [0.29, 0.717) is 17.0 Å². The maximum absolute atomic E-state index is 12.2. The molecule has 0 saturated heterocycles. The van der Waals surface area contributed by atoms with E-state index in [9.17, 15) is 13.2 Å². The number of halogens is 3. The summed E-state index contributed by atoms with van der Waals surface area (Å²) in [5.41, 5.74) is 6.35. The van der Waals surface area contributed by atoms with E-state index in [-0.39, 0.29) is 5.89 Å². The molecule has 5 nitrogen and oxygen atoms in total. The Balaban J connectivity index is 2.32. The summed E-state index contributed by atoms with van der Waals surface area (Å²) in [6.07, 6.45) is -5.64. The molecule has 102 valence electrons. The molecule has 1 heterocycles. The number of methoxy groups -OCH3 is 1. The third-order valence-corrected chi connectivity index (χ3v) is 2.32. The van der Waals surface area contributed by atoms with Gasteiger partial charge in [0.1, 0.15) is 12.2 Å². The minimum Gasteiger partial charge on any atom is -0.497 e. The van der Waals surface area contributed by atoms with Gasteiger partial charge in [0.15, 0.2) is 5.82 Å². The number of rotatable bonds is 3. The minimum absolute atomic E-state index is 0.0735. The van der Waals surface area contributed by atoms with Gasteiger partial charge in [-0.25, -0.2) is 0 Å². The van der Waals surface area contributed by atoms with Gasteiger partial charge in [0.25, 0.3) is 5.89 Å². The fourth-order valence-electron chi connectivity index (χ4n) is 1.46. The second-order valence-electron chi connectivity index (χ2n) is 3.76. The molecule has 0 unspecified atom stereocenters. The summed E-state index contributed by atoms with van der Waals surface area (Å²) in [6, 6.07) is 4.67. The summed E-state index contributed by atoms with van der Waals surface area (Å²) in [5.74, 6) is -0.0276. The van der Waals surface area contributed by atoms with Crippen molar-refractivity contribution in [1.82, 2.24) is 10.1 Å². The Morgan fingerprint density at radius 3 is 2.74 bits per heavy atom. The van der Waals surface area contributed by atoms with Crippen molar-refractivity contribution in [3.05, 3.63) is 24.0 Å². The molecule has 1 aromatic heterocycles. The quantitative estimate of drug-likeness (QED) is 0.869. The number of nitrogens with two attached hydrogens (primary N) is 1. The first kappa shape index (κ1) is 13.2. The fraction of sp³-hybridized carbons (Fsp3) is 0.273. The number of nitrogens with zero attached hydrogens (tertiary/aromatic N) is 2. The minimum atomic E-state index is -4.39. The summed E-state index contributed by atoms with van der Waals surface area (Å²) in [4.78, 5) is 3.67. The standard InChI is InChI=1S/C11H10F3N3O2/c1-18-6-2-3-8(15)7(4-6)10-16-9(17-19-10)5-11(12,13)14/h2-4H,5,15H2,1H3. The fourth-order valence-corrected chi connectivity index (χ4v) is 1.46. The molecule has 0 bridgehead atoms. The monoisotopic (exact) mass is 273 g/mol. The summed E-state index contributed by atoms with van der Waals surface area (Å²) >= 11 is 0. The lowest BCUT2D eigenvalue weighted by molar-refractivity contribution is -0.128. The largest absolute Gasteiger partial charge is 0.497 e. The molecule has 0 aliphatic carbocycles. The number of hydrogen-bond acceptors (Lipinski definition) is 5. The van der Waals surface area contributed by atoms with Crippen LogP contribution in [0.1, 0.15) is 5.82 Å². The van der Waals surface area contributed by atoms with Crippen LogP contribution in [0.2, 0.25) is 0 Å². The van der Waals surface area contributed by atoms with Gasteiger partial charge in [-0.05, 0) is 18.2 Å². The second kappa shape index (κ2) is 4.79. The van der Waals surface area contributed by atoms with E-state index in [1.54, 1.807) is 12.1 Å². The topological polar surface area (TPSA) is 74.2 Å². The van der Waals surface area contributed by atoms with Crippen molar-refractivity contribution in [3.63, 3.8) is 0 Å². The Bertz CT molecular complexity index is 581. The van der Waals surface area contributed by atoms with Gasteiger partial charge in [-0.2, -0.15) is 18.2 Å². The van der Waals surface area contributed by atoms with E-state index in [1.807, 2.05) is 0 Å². The number of aromatic nitrogens is 2. The van der Waals surface area contributed by atoms with Crippen LogP contribution in [0.25, 0.3) is 11.5 Å². The summed E-state index contributed by atoms with van der Waals surface area (Å²) in [5, 5.41) is 3.27. The lowest BCUT2D eigenvalue weighted by Crippen LogP contribution is -2.12. The first-order chi connectivity index (χ1) is 8.89. The van der Waals surface area contributed by atoms with Gasteiger partial charge in [0.2, 0.25) is 0 Å². The molecule has 0 fully saturated rings. The normalized spacial score (nSPS) is 11.6. The van der Waals surface area contributed by atoms with Crippen molar-refractivity contribution < 1.29 is 22.4 Å². The van der Waals surface area contributed by atoms with Crippen LogP contribution >= 0.6 is 0 Å². The number of nitrogen functional groups attached to an aromatic ring is 1. The molecule has 0 amide bonds. The van der Waals surface area contributed by atoms with Crippen molar-refractivity contribution in [3.8, 4) is 17.2 Å². The zero-order valence-electron chi connectivity index (χ0n) is 9.86.